The number of nitrogens with one attached hydrogen (secondary N) is 1. The topological polar surface area (TPSA) is 55.9 Å². The number of hydrogen-bond acceptors (Lipinski definition) is 3. The summed E-state index contributed by atoms with van der Waals surface area (Å²) in [6, 6.07) is 3.69. The SMILES string of the molecule is CCCn1nc(C)c(N)c1Nc1c(F)cccc1F. The van der Waals surface area contributed by atoms with Crippen LogP contribution in [-0.2, 0) is 6.54 Å². The monoisotopic (exact) mass is 266 g/mol. The van der Waals surface area contributed by atoms with Crippen molar-refractivity contribution in [1.82, 2.24) is 9.78 Å². The molecular formula is C13H16F2N4. The molecule has 2 aromatic rings. The van der Waals surface area contributed by atoms with Crippen molar-refractivity contribution in [1.29, 1.82) is 0 Å². The third kappa shape index (κ3) is 2.52. The minimum absolute atomic E-state index is 0.216. The van der Waals surface area contributed by atoms with Crippen molar-refractivity contribution < 1.29 is 8.78 Å². The number of nitrogen functional groups attached to an aromatic ring is 1. The summed E-state index contributed by atoms with van der Waals surface area (Å²) in [4.78, 5) is 0. The van der Waals surface area contributed by atoms with Gasteiger partial charge in [-0.2, -0.15) is 5.10 Å². The Morgan fingerprint density at radius 2 is 1.95 bits per heavy atom. The van der Waals surface area contributed by atoms with Crippen LogP contribution in [0.25, 0.3) is 0 Å². The summed E-state index contributed by atoms with van der Waals surface area (Å²) in [5.74, 6) is -0.911. The summed E-state index contributed by atoms with van der Waals surface area (Å²) in [5, 5.41) is 6.95. The van der Waals surface area contributed by atoms with E-state index in [0.717, 1.165) is 6.42 Å². The van der Waals surface area contributed by atoms with Crippen molar-refractivity contribution in [3.05, 3.63) is 35.5 Å². The Kier molecular flexibility index (Phi) is 3.69. The van der Waals surface area contributed by atoms with Crippen LogP contribution in [0.1, 0.15) is 19.0 Å². The maximum absolute atomic E-state index is 13.6. The Hall–Kier alpha value is -2.11. The zero-order chi connectivity index (χ0) is 14.0. The standard InChI is InChI=1S/C13H16F2N4/c1-3-7-19-13(11(16)8(2)18-19)17-12-9(14)5-4-6-10(12)15/h4-6,17H,3,7,16H2,1-2H3. The molecule has 0 aliphatic carbocycles. The van der Waals surface area contributed by atoms with Gasteiger partial charge >= 0.3 is 0 Å². The number of halogens is 2. The normalized spacial score (nSPS) is 10.7. The summed E-state index contributed by atoms with van der Waals surface area (Å²) in [7, 11) is 0. The van der Waals surface area contributed by atoms with Crippen molar-refractivity contribution in [3.8, 4) is 0 Å². The minimum Gasteiger partial charge on any atom is -0.394 e. The highest BCUT2D eigenvalue weighted by Gasteiger charge is 2.16. The van der Waals surface area contributed by atoms with Crippen LogP contribution in [-0.4, -0.2) is 9.78 Å². The van der Waals surface area contributed by atoms with Gasteiger partial charge in [0, 0.05) is 6.54 Å². The lowest BCUT2D eigenvalue weighted by Crippen LogP contribution is -2.07. The lowest BCUT2D eigenvalue weighted by atomic mass is 10.3. The summed E-state index contributed by atoms with van der Waals surface area (Å²) in [6.45, 7) is 4.36. The van der Waals surface area contributed by atoms with Crippen LogP contribution < -0.4 is 11.1 Å². The number of para-hydroxylation sites is 1. The number of benzene rings is 1. The Bertz CT molecular complexity index is 572. The average molecular weight is 266 g/mol. The van der Waals surface area contributed by atoms with Gasteiger partial charge in [0.05, 0.1) is 11.4 Å². The highest BCUT2D eigenvalue weighted by molar-refractivity contribution is 5.71. The number of rotatable bonds is 4. The van der Waals surface area contributed by atoms with Gasteiger partial charge in [0.15, 0.2) is 5.82 Å². The molecule has 0 amide bonds. The second-order valence-electron chi connectivity index (χ2n) is 4.29. The number of aryl methyl sites for hydroxylation is 2. The van der Waals surface area contributed by atoms with Gasteiger partial charge < -0.3 is 11.1 Å². The van der Waals surface area contributed by atoms with E-state index in [-0.39, 0.29) is 5.69 Å². The molecule has 1 aromatic carbocycles. The molecule has 0 aliphatic rings. The number of anilines is 3. The average Bonchev–Trinajstić information content (AvgIpc) is 2.62. The first-order valence-electron chi connectivity index (χ1n) is 6.08. The molecule has 0 atom stereocenters. The van der Waals surface area contributed by atoms with Crippen molar-refractivity contribution in [3.63, 3.8) is 0 Å². The molecular weight excluding hydrogens is 250 g/mol. The Morgan fingerprint density at radius 1 is 1.32 bits per heavy atom. The molecule has 0 bridgehead atoms. The predicted octanol–water partition coefficient (Wildman–Crippen LogP) is 3.21. The van der Waals surface area contributed by atoms with Crippen molar-refractivity contribution in [2.75, 3.05) is 11.1 Å². The second-order valence-corrected chi connectivity index (χ2v) is 4.29. The molecule has 102 valence electrons. The van der Waals surface area contributed by atoms with Gasteiger partial charge in [-0.05, 0) is 25.5 Å². The molecule has 6 heteroatoms. The zero-order valence-corrected chi connectivity index (χ0v) is 10.9. The van der Waals surface area contributed by atoms with E-state index in [2.05, 4.69) is 10.4 Å². The van der Waals surface area contributed by atoms with Crippen molar-refractivity contribution >= 4 is 17.2 Å². The smallest absolute Gasteiger partial charge is 0.152 e. The highest BCUT2D eigenvalue weighted by Crippen LogP contribution is 2.29. The van der Waals surface area contributed by atoms with Crippen LogP contribution in [0.5, 0.6) is 0 Å². The molecule has 19 heavy (non-hydrogen) atoms. The fraction of sp³-hybridized carbons (Fsp3) is 0.308. The molecule has 4 nitrogen and oxygen atoms in total. The van der Waals surface area contributed by atoms with Crippen LogP contribution >= 0.6 is 0 Å². The van der Waals surface area contributed by atoms with E-state index in [4.69, 9.17) is 5.73 Å². The molecule has 0 radical (unpaired) electrons. The first kappa shape index (κ1) is 13.3. The van der Waals surface area contributed by atoms with Crippen LogP contribution in [0.15, 0.2) is 18.2 Å². The third-order valence-corrected chi connectivity index (χ3v) is 2.82. The van der Waals surface area contributed by atoms with E-state index in [0.29, 0.717) is 23.7 Å². The molecule has 0 aliphatic heterocycles. The minimum atomic E-state index is -0.665. The maximum atomic E-state index is 13.6. The van der Waals surface area contributed by atoms with Gasteiger partial charge in [-0.1, -0.05) is 13.0 Å². The van der Waals surface area contributed by atoms with Crippen molar-refractivity contribution in [2.24, 2.45) is 0 Å². The van der Waals surface area contributed by atoms with Gasteiger partial charge in [-0.15, -0.1) is 0 Å². The molecule has 3 N–H and O–H groups in total. The van der Waals surface area contributed by atoms with E-state index < -0.39 is 11.6 Å². The highest BCUT2D eigenvalue weighted by atomic mass is 19.1. The first-order chi connectivity index (χ1) is 9.04. The van der Waals surface area contributed by atoms with E-state index >= 15 is 0 Å². The van der Waals surface area contributed by atoms with E-state index in [1.807, 2.05) is 6.92 Å². The summed E-state index contributed by atoms with van der Waals surface area (Å²) in [5.41, 5.74) is 6.71. The molecule has 2 rings (SSSR count). The third-order valence-electron chi connectivity index (χ3n) is 2.82. The van der Waals surface area contributed by atoms with Crippen LogP contribution in [0.3, 0.4) is 0 Å². The van der Waals surface area contributed by atoms with E-state index in [9.17, 15) is 8.78 Å². The van der Waals surface area contributed by atoms with Crippen LogP contribution in [0, 0.1) is 18.6 Å². The van der Waals surface area contributed by atoms with Crippen LogP contribution in [0.4, 0.5) is 26.0 Å². The maximum Gasteiger partial charge on any atom is 0.152 e. The summed E-state index contributed by atoms with van der Waals surface area (Å²) < 4.78 is 28.9. The fourth-order valence-electron chi connectivity index (χ4n) is 1.84. The molecule has 0 spiro atoms. The molecule has 1 aromatic heterocycles. The molecule has 0 unspecified atom stereocenters. The largest absolute Gasteiger partial charge is 0.394 e. The molecule has 0 saturated carbocycles. The lowest BCUT2D eigenvalue weighted by molar-refractivity contribution is 0.585. The van der Waals surface area contributed by atoms with Gasteiger partial charge in [0.1, 0.15) is 17.3 Å². The van der Waals surface area contributed by atoms with E-state index in [1.54, 1.807) is 11.6 Å². The Labute approximate surface area is 110 Å². The predicted molar refractivity (Wildman–Crippen MR) is 71.3 cm³/mol. The summed E-state index contributed by atoms with van der Waals surface area (Å²) >= 11 is 0. The summed E-state index contributed by atoms with van der Waals surface area (Å²) in [6.07, 6.45) is 0.842. The lowest BCUT2D eigenvalue weighted by Gasteiger charge is -2.11. The van der Waals surface area contributed by atoms with Crippen LogP contribution in [0.2, 0.25) is 0 Å². The Balaban J connectivity index is 2.43. The molecule has 0 saturated heterocycles. The van der Waals surface area contributed by atoms with Crippen molar-refractivity contribution in [2.45, 2.75) is 26.8 Å². The number of hydrogen-bond donors (Lipinski definition) is 2. The number of nitrogens with two attached hydrogens (primary N) is 1. The Morgan fingerprint density at radius 3 is 2.53 bits per heavy atom. The van der Waals surface area contributed by atoms with Gasteiger partial charge in [-0.25, -0.2) is 13.5 Å². The molecule has 1 heterocycles. The number of aromatic nitrogens is 2. The second kappa shape index (κ2) is 5.26. The van der Waals surface area contributed by atoms with Gasteiger partial charge in [-0.3, -0.25) is 0 Å². The number of nitrogens with zero attached hydrogens (tertiary/aromatic N) is 2. The molecule has 0 fully saturated rings. The quantitative estimate of drug-likeness (QED) is 0.893. The first-order valence-corrected chi connectivity index (χ1v) is 6.08. The van der Waals surface area contributed by atoms with Gasteiger partial charge in [0.2, 0.25) is 0 Å². The zero-order valence-electron chi connectivity index (χ0n) is 10.9. The fourth-order valence-corrected chi connectivity index (χ4v) is 1.84. The van der Waals surface area contributed by atoms with Gasteiger partial charge in [0.25, 0.3) is 0 Å². The van der Waals surface area contributed by atoms with E-state index in [1.165, 1.54) is 18.2 Å².